The van der Waals surface area contributed by atoms with Gasteiger partial charge in [0.15, 0.2) is 0 Å². The molecule has 2 heteroatoms. The van der Waals surface area contributed by atoms with Gasteiger partial charge in [-0.25, -0.2) is 0 Å². The molecule has 0 radical (unpaired) electrons. The molecule has 16 heavy (non-hydrogen) atoms. The summed E-state index contributed by atoms with van der Waals surface area (Å²) < 4.78 is 0. The number of likely N-dealkylation sites (tertiary alicyclic amines) is 1. The molecule has 1 heterocycles. The molecule has 0 aromatic heterocycles. The van der Waals surface area contributed by atoms with Gasteiger partial charge in [0, 0.05) is 12.6 Å². The van der Waals surface area contributed by atoms with E-state index in [9.17, 15) is 0 Å². The molecule has 1 aliphatic rings. The van der Waals surface area contributed by atoms with Gasteiger partial charge in [0.2, 0.25) is 0 Å². The molecule has 1 atom stereocenters. The zero-order chi connectivity index (χ0) is 11.2. The zero-order valence-corrected chi connectivity index (χ0v) is 9.94. The van der Waals surface area contributed by atoms with E-state index in [1.54, 1.807) is 0 Å². The summed E-state index contributed by atoms with van der Waals surface area (Å²) in [6.07, 6.45) is 5.16. The fraction of sp³-hybridized carbons (Fsp3) is 0.571. The van der Waals surface area contributed by atoms with Crippen LogP contribution in [-0.2, 0) is 6.42 Å². The van der Waals surface area contributed by atoms with Crippen molar-refractivity contribution >= 4 is 0 Å². The Morgan fingerprint density at radius 1 is 1.06 bits per heavy atom. The monoisotopic (exact) mass is 218 g/mol. The third-order valence-corrected chi connectivity index (χ3v) is 3.49. The molecule has 1 saturated heterocycles. The predicted molar refractivity (Wildman–Crippen MR) is 68.4 cm³/mol. The number of nitrogens with two attached hydrogens (primary N) is 1. The quantitative estimate of drug-likeness (QED) is 0.838. The molecular formula is C14H22N2. The maximum atomic E-state index is 5.91. The smallest absolute Gasteiger partial charge is 0.0258 e. The first-order valence-electron chi connectivity index (χ1n) is 6.38. The number of rotatable bonds is 4. The molecule has 0 aliphatic carbocycles. The van der Waals surface area contributed by atoms with E-state index >= 15 is 0 Å². The number of hydrogen-bond acceptors (Lipinski definition) is 2. The minimum Gasteiger partial charge on any atom is -0.329 e. The van der Waals surface area contributed by atoms with E-state index in [-0.39, 0.29) is 0 Å². The van der Waals surface area contributed by atoms with E-state index in [0.29, 0.717) is 6.04 Å². The van der Waals surface area contributed by atoms with Crippen LogP contribution in [-0.4, -0.2) is 30.6 Å². The highest BCUT2D eigenvalue weighted by atomic mass is 15.2. The second kappa shape index (κ2) is 6.02. The van der Waals surface area contributed by atoms with Gasteiger partial charge >= 0.3 is 0 Å². The van der Waals surface area contributed by atoms with Crippen molar-refractivity contribution in [2.45, 2.75) is 31.7 Å². The lowest BCUT2D eigenvalue weighted by atomic mass is 10.0. The highest BCUT2D eigenvalue weighted by Gasteiger charge is 2.19. The SMILES string of the molecule is NC[C@@H](Cc1ccccc1)N1CCCCC1. The Labute approximate surface area is 98.4 Å². The molecule has 0 amide bonds. The Kier molecular flexibility index (Phi) is 4.37. The molecule has 2 N–H and O–H groups in total. The van der Waals surface area contributed by atoms with E-state index in [1.165, 1.54) is 37.9 Å². The highest BCUT2D eigenvalue weighted by molar-refractivity contribution is 5.16. The lowest BCUT2D eigenvalue weighted by molar-refractivity contribution is 0.166. The Morgan fingerprint density at radius 2 is 1.75 bits per heavy atom. The van der Waals surface area contributed by atoms with Crippen LogP contribution in [0.3, 0.4) is 0 Å². The Bertz CT molecular complexity index is 291. The minimum absolute atomic E-state index is 0.530. The van der Waals surface area contributed by atoms with Crippen LogP contribution in [0.5, 0.6) is 0 Å². The van der Waals surface area contributed by atoms with Gasteiger partial charge in [-0.15, -0.1) is 0 Å². The summed E-state index contributed by atoms with van der Waals surface area (Å²) in [5, 5.41) is 0. The molecular weight excluding hydrogens is 196 g/mol. The van der Waals surface area contributed by atoms with Gasteiger partial charge in [-0.1, -0.05) is 36.8 Å². The van der Waals surface area contributed by atoms with E-state index in [1.807, 2.05) is 0 Å². The topological polar surface area (TPSA) is 29.3 Å². The predicted octanol–water partition coefficient (Wildman–Crippen LogP) is 2.04. The van der Waals surface area contributed by atoms with Crippen LogP contribution >= 0.6 is 0 Å². The maximum absolute atomic E-state index is 5.91. The Hall–Kier alpha value is -0.860. The standard InChI is InChI=1S/C14H22N2/c15-12-14(16-9-5-2-6-10-16)11-13-7-3-1-4-8-13/h1,3-4,7-8,14H,2,5-6,9-12,15H2/t14-/m1/s1. The molecule has 1 fully saturated rings. The molecule has 2 rings (SSSR count). The van der Waals surface area contributed by atoms with Crippen LogP contribution in [0.2, 0.25) is 0 Å². The third-order valence-electron chi connectivity index (χ3n) is 3.49. The van der Waals surface area contributed by atoms with Gasteiger partial charge in [0.05, 0.1) is 0 Å². The van der Waals surface area contributed by atoms with Gasteiger partial charge < -0.3 is 5.73 Å². The number of piperidine rings is 1. The van der Waals surface area contributed by atoms with Crippen molar-refractivity contribution in [3.8, 4) is 0 Å². The molecule has 0 saturated carbocycles. The molecule has 0 unspecified atom stereocenters. The van der Waals surface area contributed by atoms with Crippen molar-refractivity contribution in [3.05, 3.63) is 35.9 Å². The molecule has 1 aromatic carbocycles. The first-order chi connectivity index (χ1) is 7.90. The largest absolute Gasteiger partial charge is 0.329 e. The molecule has 1 aliphatic heterocycles. The molecule has 2 nitrogen and oxygen atoms in total. The molecule has 0 spiro atoms. The van der Waals surface area contributed by atoms with E-state index in [2.05, 4.69) is 35.2 Å². The van der Waals surface area contributed by atoms with Crippen molar-refractivity contribution in [1.82, 2.24) is 4.90 Å². The maximum Gasteiger partial charge on any atom is 0.0258 e. The highest BCUT2D eigenvalue weighted by Crippen LogP contribution is 2.15. The van der Waals surface area contributed by atoms with E-state index in [4.69, 9.17) is 5.73 Å². The lowest BCUT2D eigenvalue weighted by Crippen LogP contribution is -2.44. The molecule has 1 aromatic rings. The second-order valence-corrected chi connectivity index (χ2v) is 4.68. The third kappa shape index (κ3) is 3.06. The van der Waals surface area contributed by atoms with Gasteiger partial charge in [-0.2, -0.15) is 0 Å². The van der Waals surface area contributed by atoms with Crippen LogP contribution in [0.25, 0.3) is 0 Å². The van der Waals surface area contributed by atoms with Crippen LogP contribution in [0, 0.1) is 0 Å². The lowest BCUT2D eigenvalue weighted by Gasteiger charge is -2.34. The summed E-state index contributed by atoms with van der Waals surface area (Å²) >= 11 is 0. The molecule has 88 valence electrons. The van der Waals surface area contributed by atoms with Crippen LogP contribution in [0.15, 0.2) is 30.3 Å². The van der Waals surface area contributed by atoms with Crippen LogP contribution < -0.4 is 5.73 Å². The van der Waals surface area contributed by atoms with Crippen molar-refractivity contribution in [2.24, 2.45) is 5.73 Å². The van der Waals surface area contributed by atoms with Gasteiger partial charge in [-0.3, -0.25) is 4.90 Å². The summed E-state index contributed by atoms with van der Waals surface area (Å²) in [6.45, 7) is 3.23. The summed E-state index contributed by atoms with van der Waals surface area (Å²) in [7, 11) is 0. The summed E-state index contributed by atoms with van der Waals surface area (Å²) in [6, 6.07) is 11.2. The van der Waals surface area contributed by atoms with Crippen LogP contribution in [0.4, 0.5) is 0 Å². The van der Waals surface area contributed by atoms with E-state index in [0.717, 1.165) is 13.0 Å². The van der Waals surface area contributed by atoms with E-state index < -0.39 is 0 Å². The van der Waals surface area contributed by atoms with Crippen molar-refractivity contribution in [1.29, 1.82) is 0 Å². The summed E-state index contributed by atoms with van der Waals surface area (Å²) in [5.74, 6) is 0. The first-order valence-corrected chi connectivity index (χ1v) is 6.38. The average molecular weight is 218 g/mol. The molecule has 0 bridgehead atoms. The van der Waals surface area contributed by atoms with Gasteiger partial charge in [-0.05, 0) is 37.9 Å². The Morgan fingerprint density at radius 3 is 2.38 bits per heavy atom. The first kappa shape index (κ1) is 11.6. The zero-order valence-electron chi connectivity index (χ0n) is 9.94. The minimum atomic E-state index is 0.530. The summed E-state index contributed by atoms with van der Waals surface area (Å²) in [5.41, 5.74) is 7.32. The van der Waals surface area contributed by atoms with Crippen LogP contribution in [0.1, 0.15) is 24.8 Å². The summed E-state index contributed by atoms with van der Waals surface area (Å²) in [4.78, 5) is 2.57. The number of hydrogen-bond donors (Lipinski definition) is 1. The number of benzene rings is 1. The van der Waals surface area contributed by atoms with Crippen molar-refractivity contribution in [2.75, 3.05) is 19.6 Å². The number of nitrogens with zero attached hydrogens (tertiary/aromatic N) is 1. The van der Waals surface area contributed by atoms with Gasteiger partial charge in [0.25, 0.3) is 0 Å². The average Bonchev–Trinajstić information content (AvgIpc) is 2.38. The van der Waals surface area contributed by atoms with Crippen molar-refractivity contribution in [3.63, 3.8) is 0 Å². The fourth-order valence-corrected chi connectivity index (χ4v) is 2.53. The second-order valence-electron chi connectivity index (χ2n) is 4.68. The van der Waals surface area contributed by atoms with Crippen molar-refractivity contribution < 1.29 is 0 Å². The normalized spacial score (nSPS) is 19.6. The van der Waals surface area contributed by atoms with Gasteiger partial charge in [0.1, 0.15) is 0 Å². The Balaban J connectivity index is 1.94. The fourth-order valence-electron chi connectivity index (χ4n) is 2.53.